The number of piperidine rings is 1. The van der Waals surface area contributed by atoms with Gasteiger partial charge in [-0.2, -0.15) is 0 Å². The van der Waals surface area contributed by atoms with Gasteiger partial charge < -0.3 is 4.74 Å². The summed E-state index contributed by atoms with van der Waals surface area (Å²) in [6.07, 6.45) is 8.82. The summed E-state index contributed by atoms with van der Waals surface area (Å²) in [6, 6.07) is 5.39. The van der Waals surface area contributed by atoms with Gasteiger partial charge in [0, 0.05) is 73.1 Å². The van der Waals surface area contributed by atoms with Crippen LogP contribution in [0.3, 0.4) is 0 Å². The standard InChI is InChI=1S/C18H21BrN4O/c1-24-18-2-3-20-7-14(18)10-22-11-16-5-17(12-22)23(16)9-13-4-15(19)8-21-6-13/h2-4,6-8,16-17H,5,9-12H2,1H3. The molecule has 3 fully saturated rings. The smallest absolute Gasteiger partial charge is 0.126 e. The summed E-state index contributed by atoms with van der Waals surface area (Å²) in [5.41, 5.74) is 2.45. The molecule has 0 saturated carbocycles. The molecule has 0 aliphatic carbocycles. The van der Waals surface area contributed by atoms with Crippen LogP contribution in [0.4, 0.5) is 0 Å². The lowest BCUT2D eigenvalue weighted by Crippen LogP contribution is -2.67. The van der Waals surface area contributed by atoms with Gasteiger partial charge in [0.15, 0.2) is 0 Å². The van der Waals surface area contributed by atoms with Crippen molar-refractivity contribution < 1.29 is 4.74 Å². The second-order valence-electron chi connectivity index (χ2n) is 6.61. The third kappa shape index (κ3) is 3.18. The predicted molar refractivity (Wildman–Crippen MR) is 95.7 cm³/mol. The number of hydrogen-bond acceptors (Lipinski definition) is 5. The van der Waals surface area contributed by atoms with E-state index in [0.717, 1.165) is 36.4 Å². The molecule has 3 aliphatic rings. The summed E-state index contributed by atoms with van der Waals surface area (Å²) < 4.78 is 6.50. The van der Waals surface area contributed by atoms with Crippen LogP contribution < -0.4 is 4.74 Å². The lowest BCUT2D eigenvalue weighted by Gasteiger charge is -2.56. The lowest BCUT2D eigenvalue weighted by atomic mass is 9.86. The van der Waals surface area contributed by atoms with Crippen LogP contribution in [0.2, 0.25) is 0 Å². The Bertz CT molecular complexity index is 714. The number of fused-ring (bicyclic) bond motifs is 2. The highest BCUT2D eigenvalue weighted by Gasteiger charge is 2.44. The Labute approximate surface area is 150 Å². The first-order chi connectivity index (χ1) is 11.7. The number of halogens is 1. The number of hydrogen-bond donors (Lipinski definition) is 0. The maximum absolute atomic E-state index is 5.45. The van der Waals surface area contributed by atoms with Gasteiger partial charge in [0.25, 0.3) is 0 Å². The van der Waals surface area contributed by atoms with E-state index in [0.29, 0.717) is 12.1 Å². The third-order valence-corrected chi connectivity index (χ3v) is 5.45. The van der Waals surface area contributed by atoms with Crippen LogP contribution in [0.15, 0.2) is 41.4 Å². The Balaban J connectivity index is 1.38. The van der Waals surface area contributed by atoms with Crippen molar-refractivity contribution in [3.8, 4) is 5.75 Å². The minimum absolute atomic E-state index is 0.644. The fraction of sp³-hybridized carbons (Fsp3) is 0.444. The molecule has 2 aromatic heterocycles. The summed E-state index contributed by atoms with van der Waals surface area (Å²) in [4.78, 5) is 13.6. The minimum atomic E-state index is 0.644. The number of rotatable bonds is 5. The summed E-state index contributed by atoms with van der Waals surface area (Å²) in [7, 11) is 1.72. The van der Waals surface area contributed by atoms with Gasteiger partial charge in [-0.05, 0) is 40.0 Å². The third-order valence-electron chi connectivity index (χ3n) is 5.02. The van der Waals surface area contributed by atoms with Gasteiger partial charge in [-0.15, -0.1) is 0 Å². The molecule has 126 valence electrons. The molecule has 3 saturated heterocycles. The second kappa shape index (κ2) is 6.78. The molecule has 0 radical (unpaired) electrons. The molecule has 6 heteroatoms. The number of aromatic nitrogens is 2. The fourth-order valence-electron chi connectivity index (χ4n) is 3.89. The first-order valence-electron chi connectivity index (χ1n) is 8.27. The zero-order valence-electron chi connectivity index (χ0n) is 13.7. The molecule has 2 bridgehead atoms. The van der Waals surface area contributed by atoms with E-state index < -0.39 is 0 Å². The molecule has 2 aromatic rings. The van der Waals surface area contributed by atoms with Crippen molar-refractivity contribution in [3.63, 3.8) is 0 Å². The Morgan fingerprint density at radius 1 is 1.17 bits per heavy atom. The molecule has 0 amide bonds. The normalized spacial score (nSPS) is 23.8. The monoisotopic (exact) mass is 388 g/mol. The topological polar surface area (TPSA) is 41.5 Å². The van der Waals surface area contributed by atoms with E-state index in [1.165, 1.54) is 17.5 Å². The van der Waals surface area contributed by atoms with Crippen molar-refractivity contribution in [1.82, 2.24) is 19.8 Å². The number of pyridine rings is 2. The number of nitrogens with zero attached hydrogens (tertiary/aromatic N) is 4. The molecule has 2 unspecified atom stereocenters. The quantitative estimate of drug-likeness (QED) is 0.787. The highest BCUT2D eigenvalue weighted by atomic mass is 79.9. The Morgan fingerprint density at radius 2 is 2.00 bits per heavy atom. The van der Waals surface area contributed by atoms with Crippen LogP contribution in [-0.4, -0.2) is 52.1 Å². The first-order valence-corrected chi connectivity index (χ1v) is 9.06. The Morgan fingerprint density at radius 3 is 2.75 bits per heavy atom. The van der Waals surface area contributed by atoms with E-state index in [2.05, 4.69) is 41.8 Å². The summed E-state index contributed by atoms with van der Waals surface area (Å²) in [6.45, 7) is 4.12. The van der Waals surface area contributed by atoms with Gasteiger partial charge in [0.05, 0.1) is 7.11 Å². The number of methoxy groups -OCH3 is 1. The largest absolute Gasteiger partial charge is 0.496 e. The average molecular weight is 389 g/mol. The van der Waals surface area contributed by atoms with Gasteiger partial charge in [0.2, 0.25) is 0 Å². The molecule has 0 aromatic carbocycles. The Kier molecular flexibility index (Phi) is 4.52. The van der Waals surface area contributed by atoms with Gasteiger partial charge in [-0.3, -0.25) is 19.8 Å². The summed E-state index contributed by atoms with van der Waals surface area (Å²) in [5, 5.41) is 0. The van der Waals surface area contributed by atoms with Crippen molar-refractivity contribution in [2.75, 3.05) is 20.2 Å². The van der Waals surface area contributed by atoms with Gasteiger partial charge in [0.1, 0.15) is 5.75 Å². The molecular formula is C18H21BrN4O. The van der Waals surface area contributed by atoms with Crippen LogP contribution in [0.5, 0.6) is 5.75 Å². The van der Waals surface area contributed by atoms with E-state index in [-0.39, 0.29) is 0 Å². The van der Waals surface area contributed by atoms with Gasteiger partial charge in [-0.25, -0.2) is 0 Å². The summed E-state index contributed by atoms with van der Waals surface area (Å²) >= 11 is 3.51. The predicted octanol–water partition coefficient (Wildman–Crippen LogP) is 2.71. The average Bonchev–Trinajstić information content (AvgIpc) is 2.60. The van der Waals surface area contributed by atoms with E-state index >= 15 is 0 Å². The second-order valence-corrected chi connectivity index (χ2v) is 7.52. The van der Waals surface area contributed by atoms with Crippen LogP contribution >= 0.6 is 15.9 Å². The van der Waals surface area contributed by atoms with Gasteiger partial charge >= 0.3 is 0 Å². The van der Waals surface area contributed by atoms with Crippen LogP contribution in [-0.2, 0) is 13.1 Å². The van der Waals surface area contributed by atoms with Gasteiger partial charge in [-0.1, -0.05) is 0 Å². The van der Waals surface area contributed by atoms with Crippen LogP contribution in [0.1, 0.15) is 17.5 Å². The molecule has 24 heavy (non-hydrogen) atoms. The molecule has 5 nitrogen and oxygen atoms in total. The maximum Gasteiger partial charge on any atom is 0.126 e. The van der Waals surface area contributed by atoms with E-state index in [4.69, 9.17) is 4.74 Å². The molecule has 2 atom stereocenters. The zero-order valence-corrected chi connectivity index (χ0v) is 15.3. The van der Waals surface area contributed by atoms with Crippen LogP contribution in [0, 0.1) is 0 Å². The number of ether oxygens (including phenoxy) is 1. The molecule has 0 spiro atoms. The van der Waals surface area contributed by atoms with Crippen molar-refractivity contribution in [3.05, 3.63) is 52.5 Å². The minimum Gasteiger partial charge on any atom is -0.496 e. The maximum atomic E-state index is 5.45. The molecule has 0 N–H and O–H groups in total. The first kappa shape index (κ1) is 16.0. The highest BCUT2D eigenvalue weighted by Crippen LogP contribution is 2.35. The Hall–Kier alpha value is -1.50. The zero-order chi connectivity index (χ0) is 16.5. The van der Waals surface area contributed by atoms with Crippen molar-refractivity contribution in [1.29, 1.82) is 0 Å². The SMILES string of the molecule is COc1ccncc1CN1CC2CC(C1)N2Cc1cncc(Br)c1. The van der Waals surface area contributed by atoms with E-state index in [9.17, 15) is 0 Å². The van der Waals surface area contributed by atoms with Crippen molar-refractivity contribution >= 4 is 15.9 Å². The summed E-state index contributed by atoms with van der Waals surface area (Å²) in [5.74, 6) is 0.932. The highest BCUT2D eigenvalue weighted by molar-refractivity contribution is 9.10. The van der Waals surface area contributed by atoms with E-state index in [1.54, 1.807) is 13.3 Å². The molecular weight excluding hydrogens is 368 g/mol. The molecule has 5 heterocycles. The molecule has 5 rings (SSSR count). The van der Waals surface area contributed by atoms with Crippen LogP contribution in [0.25, 0.3) is 0 Å². The van der Waals surface area contributed by atoms with E-state index in [1.807, 2.05) is 24.7 Å². The van der Waals surface area contributed by atoms with Crippen molar-refractivity contribution in [2.45, 2.75) is 31.6 Å². The fourth-order valence-corrected chi connectivity index (χ4v) is 4.30. The molecule has 3 aliphatic heterocycles. The number of piperazine rings is 1. The van der Waals surface area contributed by atoms with Crippen molar-refractivity contribution in [2.24, 2.45) is 0 Å². The lowest BCUT2D eigenvalue weighted by molar-refractivity contribution is -0.0776.